The molecule has 2 saturated heterocycles. The molecule has 3 heterocycles. The number of amides is 1. The number of carbonyl (C=O) groups excluding carboxylic acids is 1. The molecule has 0 radical (unpaired) electrons. The molecule has 2 aliphatic carbocycles. The summed E-state index contributed by atoms with van der Waals surface area (Å²) in [6.45, 7) is 10.7. The summed E-state index contributed by atoms with van der Waals surface area (Å²) in [7, 11) is -1.29. The van der Waals surface area contributed by atoms with Crippen molar-refractivity contribution in [3.63, 3.8) is 0 Å². The lowest BCUT2D eigenvalue weighted by molar-refractivity contribution is -0.116. The van der Waals surface area contributed by atoms with E-state index in [2.05, 4.69) is 62.8 Å². The molecule has 3 atom stereocenters. The third-order valence-corrected chi connectivity index (χ3v) is 9.05. The highest BCUT2D eigenvalue weighted by Crippen LogP contribution is 2.29. The second-order valence-corrected chi connectivity index (χ2v) is 12.7. The molecule has 42 heavy (non-hydrogen) atoms. The third-order valence-electron chi connectivity index (χ3n) is 8.13. The standard InChI is InChI=1S/C31H43N7O3S/c1-22-8-9-24(20-27(22)34-29(39)7-6-14-37-12-4-5-13-37)33-30-28(42(3)40)21-32-31(36-30)35-26-11-10-25(19-23(26)2)38-15-17-41-18-16-38/h6-7,9-11,20-23H,4-5,8,12-19H2,1-3H3,(H,34,39)(H2,32,33,35,36)/b7-6+. The fourth-order valence-corrected chi connectivity index (χ4v) is 6.16. The van der Waals surface area contributed by atoms with Gasteiger partial charge in [0.1, 0.15) is 0 Å². The fourth-order valence-electron chi connectivity index (χ4n) is 5.59. The Morgan fingerprint density at radius 2 is 1.88 bits per heavy atom. The summed E-state index contributed by atoms with van der Waals surface area (Å²) in [6, 6.07) is 0. The van der Waals surface area contributed by atoms with Crippen LogP contribution in [-0.2, 0) is 20.3 Å². The Kier molecular flexibility index (Phi) is 10.2. The molecule has 1 aromatic heterocycles. The van der Waals surface area contributed by atoms with Gasteiger partial charge in [-0.15, -0.1) is 0 Å². The average Bonchev–Trinajstić information content (AvgIpc) is 3.50. The number of nitrogens with zero attached hydrogens (tertiary/aromatic N) is 4. The summed E-state index contributed by atoms with van der Waals surface area (Å²) in [5, 5.41) is 9.79. The SMILES string of the molecule is CC1CC=C(Nc2nc(NC3=CC=C(N4CCOCC4)CC3C)ncc2S(C)=O)C=C1NC(=O)/C=C/CN1CCCC1. The van der Waals surface area contributed by atoms with E-state index in [0.717, 1.165) is 75.9 Å². The molecule has 2 aliphatic heterocycles. The van der Waals surface area contributed by atoms with Gasteiger partial charge in [0.15, 0.2) is 5.82 Å². The summed E-state index contributed by atoms with van der Waals surface area (Å²) in [4.78, 5) is 27.1. The smallest absolute Gasteiger partial charge is 0.247 e. The highest BCUT2D eigenvalue weighted by Gasteiger charge is 2.22. The van der Waals surface area contributed by atoms with E-state index < -0.39 is 10.8 Å². The van der Waals surface area contributed by atoms with Crippen LogP contribution < -0.4 is 16.0 Å². The van der Waals surface area contributed by atoms with Crippen molar-refractivity contribution in [2.75, 3.05) is 62.8 Å². The van der Waals surface area contributed by atoms with E-state index in [4.69, 9.17) is 9.72 Å². The highest BCUT2D eigenvalue weighted by atomic mass is 32.2. The van der Waals surface area contributed by atoms with Gasteiger partial charge in [-0.3, -0.25) is 13.9 Å². The lowest BCUT2D eigenvalue weighted by Gasteiger charge is -2.34. The van der Waals surface area contributed by atoms with Gasteiger partial charge in [0.05, 0.1) is 35.1 Å². The predicted octanol–water partition coefficient (Wildman–Crippen LogP) is 3.75. The van der Waals surface area contributed by atoms with Crippen molar-refractivity contribution in [3.8, 4) is 0 Å². The van der Waals surface area contributed by atoms with Crippen LogP contribution in [0.1, 0.15) is 39.5 Å². The minimum Gasteiger partial charge on any atom is -0.378 e. The van der Waals surface area contributed by atoms with E-state index in [1.165, 1.54) is 18.5 Å². The number of ether oxygens (including phenoxy) is 1. The van der Waals surface area contributed by atoms with Gasteiger partial charge in [-0.2, -0.15) is 4.98 Å². The summed E-state index contributed by atoms with van der Waals surface area (Å²) in [5.74, 6) is 1.24. The predicted molar refractivity (Wildman–Crippen MR) is 167 cm³/mol. The molecular weight excluding hydrogens is 550 g/mol. The van der Waals surface area contributed by atoms with Crippen LogP contribution in [-0.4, -0.2) is 82.1 Å². The van der Waals surface area contributed by atoms with Crippen molar-refractivity contribution in [1.29, 1.82) is 0 Å². The van der Waals surface area contributed by atoms with Crippen molar-refractivity contribution in [3.05, 3.63) is 65.4 Å². The van der Waals surface area contributed by atoms with Crippen LogP contribution in [0, 0.1) is 11.8 Å². The number of aromatic nitrogens is 2. The first kappa shape index (κ1) is 30.2. The Morgan fingerprint density at radius 1 is 1.10 bits per heavy atom. The van der Waals surface area contributed by atoms with Crippen LogP contribution >= 0.6 is 0 Å². The molecule has 0 aromatic carbocycles. The maximum atomic E-state index is 12.6. The van der Waals surface area contributed by atoms with E-state index in [1.54, 1.807) is 18.5 Å². The molecule has 0 saturated carbocycles. The molecular formula is C31H43N7O3S. The first-order chi connectivity index (χ1) is 20.4. The maximum absolute atomic E-state index is 12.6. The van der Waals surface area contributed by atoms with Crippen molar-refractivity contribution < 1.29 is 13.7 Å². The maximum Gasteiger partial charge on any atom is 0.247 e. The van der Waals surface area contributed by atoms with Gasteiger partial charge in [-0.25, -0.2) is 4.98 Å². The zero-order chi connectivity index (χ0) is 29.5. The Bertz CT molecular complexity index is 1320. The van der Waals surface area contributed by atoms with E-state index in [-0.39, 0.29) is 17.7 Å². The summed E-state index contributed by atoms with van der Waals surface area (Å²) >= 11 is 0. The number of carbonyl (C=O) groups is 1. The molecule has 1 amide bonds. The second-order valence-electron chi connectivity index (χ2n) is 11.4. The van der Waals surface area contributed by atoms with Gasteiger partial charge < -0.3 is 25.6 Å². The van der Waals surface area contributed by atoms with E-state index >= 15 is 0 Å². The van der Waals surface area contributed by atoms with Gasteiger partial charge in [0.25, 0.3) is 0 Å². The van der Waals surface area contributed by atoms with E-state index in [1.807, 2.05) is 12.2 Å². The monoisotopic (exact) mass is 593 g/mol. The fraction of sp³-hybridized carbons (Fsp3) is 0.516. The highest BCUT2D eigenvalue weighted by molar-refractivity contribution is 7.84. The molecule has 1 aromatic rings. The van der Waals surface area contributed by atoms with E-state index in [0.29, 0.717) is 16.7 Å². The van der Waals surface area contributed by atoms with Crippen molar-refractivity contribution in [2.24, 2.45) is 11.8 Å². The van der Waals surface area contributed by atoms with Crippen LogP contribution in [0.3, 0.4) is 0 Å². The number of likely N-dealkylation sites (tertiary alicyclic amines) is 1. The number of hydrogen-bond acceptors (Lipinski definition) is 9. The molecule has 4 aliphatic rings. The molecule has 3 unspecified atom stereocenters. The average molecular weight is 594 g/mol. The lowest BCUT2D eigenvalue weighted by atomic mass is 9.95. The van der Waals surface area contributed by atoms with Crippen LogP contribution in [0.4, 0.5) is 11.8 Å². The Hall–Kier alpha value is -3.28. The third kappa shape index (κ3) is 7.96. The molecule has 226 valence electrons. The zero-order valence-electron chi connectivity index (χ0n) is 24.9. The van der Waals surface area contributed by atoms with Gasteiger partial charge in [0.2, 0.25) is 11.9 Å². The van der Waals surface area contributed by atoms with Crippen molar-refractivity contribution in [1.82, 2.24) is 25.1 Å². The molecule has 0 spiro atoms. The molecule has 10 nitrogen and oxygen atoms in total. The largest absolute Gasteiger partial charge is 0.378 e. The van der Waals surface area contributed by atoms with Crippen LogP contribution in [0.15, 0.2) is 70.3 Å². The quantitative estimate of drug-likeness (QED) is 0.349. The molecule has 11 heteroatoms. The molecule has 3 N–H and O–H groups in total. The van der Waals surface area contributed by atoms with Crippen LogP contribution in [0.2, 0.25) is 0 Å². The first-order valence-electron chi connectivity index (χ1n) is 15.0. The summed E-state index contributed by atoms with van der Waals surface area (Å²) in [6.07, 6.45) is 19.2. The lowest BCUT2D eigenvalue weighted by Crippen LogP contribution is -2.36. The number of allylic oxidation sites excluding steroid dienone is 7. The molecule has 5 rings (SSSR count). The minimum absolute atomic E-state index is 0.127. The van der Waals surface area contributed by atoms with Gasteiger partial charge in [-0.1, -0.05) is 26.0 Å². The Labute approximate surface area is 251 Å². The number of rotatable bonds is 10. The van der Waals surface area contributed by atoms with E-state index in [9.17, 15) is 9.00 Å². The number of anilines is 2. The summed E-state index contributed by atoms with van der Waals surface area (Å²) in [5.41, 5.74) is 4.00. The zero-order valence-corrected chi connectivity index (χ0v) is 25.7. The molecule has 0 bridgehead atoms. The Morgan fingerprint density at radius 3 is 2.62 bits per heavy atom. The normalized spacial score (nSPS) is 24.0. The Balaban J connectivity index is 1.26. The van der Waals surface area contributed by atoms with Crippen LogP contribution in [0.5, 0.6) is 0 Å². The molecule has 2 fully saturated rings. The van der Waals surface area contributed by atoms with Crippen molar-refractivity contribution in [2.45, 2.75) is 44.4 Å². The second kappa shape index (κ2) is 14.3. The number of morpholine rings is 1. The van der Waals surface area contributed by atoms with Gasteiger partial charge >= 0.3 is 0 Å². The number of hydrogen-bond donors (Lipinski definition) is 3. The topological polar surface area (TPSA) is 112 Å². The van der Waals surface area contributed by atoms with Gasteiger partial charge in [0, 0.05) is 60.7 Å². The summed E-state index contributed by atoms with van der Waals surface area (Å²) < 4.78 is 18.0. The first-order valence-corrected chi connectivity index (χ1v) is 16.5. The minimum atomic E-state index is -1.29. The number of nitrogens with one attached hydrogen (secondary N) is 3. The van der Waals surface area contributed by atoms with Gasteiger partial charge in [-0.05, 0) is 62.9 Å². The van der Waals surface area contributed by atoms with Crippen LogP contribution in [0.25, 0.3) is 0 Å². The van der Waals surface area contributed by atoms with Crippen molar-refractivity contribution >= 4 is 28.5 Å².